The van der Waals surface area contributed by atoms with Crippen LogP contribution in [0.15, 0.2) is 4.42 Å². The molecule has 2 saturated carbocycles. The molecular weight excluding hydrogens is 240 g/mol. The van der Waals surface area contributed by atoms with E-state index in [2.05, 4.69) is 34.7 Å². The molecule has 2 aliphatic carbocycles. The van der Waals surface area contributed by atoms with E-state index in [9.17, 15) is 0 Å². The van der Waals surface area contributed by atoms with Crippen LogP contribution in [0.5, 0.6) is 0 Å². The lowest BCUT2D eigenvalue weighted by Crippen LogP contribution is -2.19. The summed E-state index contributed by atoms with van der Waals surface area (Å²) >= 11 is 0. The molecule has 106 valence electrons. The second kappa shape index (κ2) is 5.12. The molecule has 2 fully saturated rings. The first-order valence-electron chi connectivity index (χ1n) is 7.45. The van der Waals surface area contributed by atoms with E-state index in [1.807, 2.05) is 0 Å². The lowest BCUT2D eigenvalue weighted by atomic mass is 10.0. The Morgan fingerprint density at radius 3 is 2.74 bits per heavy atom. The minimum absolute atomic E-state index is 0.560. The molecule has 1 heterocycles. The number of anilines is 1. The van der Waals surface area contributed by atoms with E-state index in [0.29, 0.717) is 29.8 Å². The van der Waals surface area contributed by atoms with Gasteiger partial charge in [-0.2, -0.15) is 0 Å². The molecule has 0 unspecified atom stereocenters. The van der Waals surface area contributed by atoms with Crippen LogP contribution in [0.25, 0.3) is 0 Å². The number of nitrogens with one attached hydrogen (secondary N) is 2. The molecule has 0 amide bonds. The standard InChI is InChI=1S/C14H24N4O/c1-10(2)7-15-8-12-17-18-13(19-12)16-9-14(5-6-14)11-3-4-11/h10-11,15H,3-9H2,1-2H3,(H,16,18). The van der Waals surface area contributed by atoms with E-state index in [1.54, 1.807) is 0 Å². The molecule has 0 atom stereocenters. The van der Waals surface area contributed by atoms with Crippen LogP contribution in [0.3, 0.4) is 0 Å². The van der Waals surface area contributed by atoms with Crippen LogP contribution in [0.1, 0.15) is 45.4 Å². The monoisotopic (exact) mass is 264 g/mol. The minimum atomic E-state index is 0.560. The zero-order chi connectivity index (χ0) is 13.3. The highest BCUT2D eigenvalue weighted by Gasteiger charge is 2.53. The highest BCUT2D eigenvalue weighted by Crippen LogP contribution is 2.61. The van der Waals surface area contributed by atoms with Gasteiger partial charge in [-0.15, -0.1) is 5.10 Å². The van der Waals surface area contributed by atoms with Crippen LogP contribution in [0.2, 0.25) is 0 Å². The third-order valence-corrected chi connectivity index (χ3v) is 4.22. The van der Waals surface area contributed by atoms with Crippen LogP contribution in [0, 0.1) is 17.3 Å². The van der Waals surface area contributed by atoms with Crippen molar-refractivity contribution in [1.82, 2.24) is 15.5 Å². The zero-order valence-corrected chi connectivity index (χ0v) is 11.9. The lowest BCUT2D eigenvalue weighted by molar-refractivity contribution is 0.439. The molecule has 19 heavy (non-hydrogen) atoms. The van der Waals surface area contributed by atoms with Gasteiger partial charge >= 0.3 is 6.01 Å². The second-order valence-electron chi connectivity index (χ2n) is 6.52. The second-order valence-corrected chi connectivity index (χ2v) is 6.52. The van der Waals surface area contributed by atoms with Crippen LogP contribution in [-0.2, 0) is 6.54 Å². The van der Waals surface area contributed by atoms with Crippen molar-refractivity contribution in [2.24, 2.45) is 17.3 Å². The molecule has 0 spiro atoms. The van der Waals surface area contributed by atoms with E-state index in [1.165, 1.54) is 25.7 Å². The molecule has 5 nitrogen and oxygen atoms in total. The first kappa shape index (κ1) is 12.9. The number of hydrogen-bond donors (Lipinski definition) is 2. The van der Waals surface area contributed by atoms with Crippen molar-refractivity contribution < 1.29 is 4.42 Å². The molecule has 2 N–H and O–H groups in total. The van der Waals surface area contributed by atoms with Gasteiger partial charge in [-0.1, -0.05) is 18.9 Å². The van der Waals surface area contributed by atoms with Crippen molar-refractivity contribution in [3.63, 3.8) is 0 Å². The van der Waals surface area contributed by atoms with Gasteiger partial charge in [-0.3, -0.25) is 0 Å². The summed E-state index contributed by atoms with van der Waals surface area (Å²) in [6, 6.07) is 0.577. The predicted molar refractivity (Wildman–Crippen MR) is 73.7 cm³/mol. The Hall–Kier alpha value is -1.10. The van der Waals surface area contributed by atoms with Crippen molar-refractivity contribution in [1.29, 1.82) is 0 Å². The van der Waals surface area contributed by atoms with E-state index < -0.39 is 0 Å². The molecule has 0 aliphatic heterocycles. The van der Waals surface area contributed by atoms with Crippen LogP contribution in [0.4, 0.5) is 6.01 Å². The topological polar surface area (TPSA) is 63.0 Å². The smallest absolute Gasteiger partial charge is 0.315 e. The average Bonchev–Trinajstić information content (AvgIpc) is 3.26. The summed E-state index contributed by atoms with van der Waals surface area (Å²) in [4.78, 5) is 0. The fourth-order valence-corrected chi connectivity index (χ4v) is 2.70. The van der Waals surface area contributed by atoms with Crippen molar-refractivity contribution in [2.45, 2.75) is 46.1 Å². The average molecular weight is 264 g/mol. The van der Waals surface area contributed by atoms with Crippen LogP contribution >= 0.6 is 0 Å². The maximum Gasteiger partial charge on any atom is 0.315 e. The van der Waals surface area contributed by atoms with E-state index in [-0.39, 0.29) is 0 Å². The Balaban J connectivity index is 1.43. The molecular formula is C14H24N4O. The quantitative estimate of drug-likeness (QED) is 0.755. The number of nitrogens with zero attached hydrogens (tertiary/aromatic N) is 2. The van der Waals surface area contributed by atoms with Gasteiger partial charge in [0.05, 0.1) is 6.54 Å². The molecule has 1 aromatic rings. The van der Waals surface area contributed by atoms with Gasteiger partial charge in [0.1, 0.15) is 0 Å². The van der Waals surface area contributed by atoms with Crippen molar-refractivity contribution in [3.05, 3.63) is 5.89 Å². The molecule has 5 heteroatoms. The van der Waals surface area contributed by atoms with E-state index in [4.69, 9.17) is 4.42 Å². The fraction of sp³-hybridized carbons (Fsp3) is 0.857. The summed E-state index contributed by atoms with van der Waals surface area (Å²) in [6.07, 6.45) is 5.55. The third-order valence-electron chi connectivity index (χ3n) is 4.22. The molecule has 0 saturated heterocycles. The number of aromatic nitrogens is 2. The molecule has 3 rings (SSSR count). The molecule has 0 bridgehead atoms. The summed E-state index contributed by atoms with van der Waals surface area (Å²) < 4.78 is 5.59. The van der Waals surface area contributed by atoms with E-state index in [0.717, 1.165) is 19.0 Å². The van der Waals surface area contributed by atoms with Crippen LogP contribution < -0.4 is 10.6 Å². The summed E-state index contributed by atoms with van der Waals surface area (Å²) in [5.41, 5.74) is 0.560. The van der Waals surface area contributed by atoms with Gasteiger partial charge in [-0.05, 0) is 49.5 Å². The van der Waals surface area contributed by atoms with Crippen molar-refractivity contribution in [3.8, 4) is 0 Å². The molecule has 0 radical (unpaired) electrons. The lowest BCUT2D eigenvalue weighted by Gasteiger charge is -2.13. The maximum atomic E-state index is 5.59. The van der Waals surface area contributed by atoms with Gasteiger partial charge in [0.25, 0.3) is 0 Å². The van der Waals surface area contributed by atoms with E-state index >= 15 is 0 Å². The Bertz CT molecular complexity index is 421. The van der Waals surface area contributed by atoms with Crippen LogP contribution in [-0.4, -0.2) is 23.3 Å². The van der Waals surface area contributed by atoms with Gasteiger partial charge in [0.2, 0.25) is 5.89 Å². The SMILES string of the molecule is CC(C)CNCc1nnc(NCC2(C3CC3)CC2)o1. The Labute approximate surface area is 114 Å². The Morgan fingerprint density at radius 1 is 1.32 bits per heavy atom. The first-order chi connectivity index (χ1) is 9.18. The maximum absolute atomic E-state index is 5.59. The normalized spacial score (nSPS) is 20.8. The highest BCUT2D eigenvalue weighted by molar-refractivity contribution is 5.21. The van der Waals surface area contributed by atoms with Gasteiger partial charge in [-0.25, -0.2) is 0 Å². The Morgan fingerprint density at radius 2 is 2.11 bits per heavy atom. The zero-order valence-electron chi connectivity index (χ0n) is 11.9. The van der Waals surface area contributed by atoms with Gasteiger partial charge in [0, 0.05) is 6.54 Å². The third kappa shape index (κ3) is 3.26. The summed E-state index contributed by atoms with van der Waals surface area (Å²) in [7, 11) is 0. The number of hydrogen-bond acceptors (Lipinski definition) is 5. The van der Waals surface area contributed by atoms with Crippen molar-refractivity contribution in [2.75, 3.05) is 18.4 Å². The Kier molecular flexibility index (Phi) is 3.48. The van der Waals surface area contributed by atoms with Crippen molar-refractivity contribution >= 4 is 6.01 Å². The molecule has 2 aliphatic rings. The first-order valence-corrected chi connectivity index (χ1v) is 7.45. The molecule has 0 aromatic carbocycles. The summed E-state index contributed by atoms with van der Waals surface area (Å²) in [5, 5.41) is 14.7. The highest BCUT2D eigenvalue weighted by atomic mass is 16.4. The van der Waals surface area contributed by atoms with Gasteiger partial charge in [0.15, 0.2) is 0 Å². The molecule has 1 aromatic heterocycles. The minimum Gasteiger partial charge on any atom is -0.407 e. The number of rotatable bonds is 8. The summed E-state index contributed by atoms with van der Waals surface area (Å²) in [5.74, 6) is 2.25. The summed E-state index contributed by atoms with van der Waals surface area (Å²) in [6.45, 7) is 6.98. The predicted octanol–water partition coefficient (Wildman–Crippen LogP) is 2.42. The fourth-order valence-electron chi connectivity index (χ4n) is 2.70. The largest absolute Gasteiger partial charge is 0.407 e. The van der Waals surface area contributed by atoms with Gasteiger partial charge < -0.3 is 15.1 Å².